The Morgan fingerprint density at radius 2 is 1.79 bits per heavy atom. The Hall–Kier alpha value is -2.22. The molecule has 0 aliphatic carbocycles. The van der Waals surface area contributed by atoms with Crippen LogP contribution in [-0.2, 0) is 14.3 Å². The van der Waals surface area contributed by atoms with E-state index in [2.05, 4.69) is 10.6 Å². The topological polar surface area (TPSA) is 87.7 Å². The molecule has 0 aromatic heterocycles. The number of amides is 3. The lowest BCUT2D eigenvalue weighted by molar-refractivity contribution is -0.151. The maximum Gasteiger partial charge on any atom is 0.319 e. The summed E-state index contributed by atoms with van der Waals surface area (Å²) in [6.07, 6.45) is 3.16. The van der Waals surface area contributed by atoms with Crippen molar-refractivity contribution in [2.45, 2.75) is 44.6 Å². The fourth-order valence-electron chi connectivity index (χ4n) is 3.29. The molecule has 1 aromatic rings. The van der Waals surface area contributed by atoms with Crippen molar-refractivity contribution >= 4 is 35.4 Å². The van der Waals surface area contributed by atoms with Gasteiger partial charge in [-0.3, -0.25) is 9.59 Å². The molecule has 2 N–H and O–H groups in total. The molecule has 1 atom stereocenters. The summed E-state index contributed by atoms with van der Waals surface area (Å²) in [5.74, 6) is -0.521. The lowest BCUT2D eigenvalue weighted by Crippen LogP contribution is -2.54. The van der Waals surface area contributed by atoms with Gasteiger partial charge in [0.15, 0.2) is 0 Å². The zero-order valence-electron chi connectivity index (χ0n) is 17.6. The Bertz CT molecular complexity index is 700. The number of carbonyl (C=O) groups is 3. The number of rotatable bonds is 7. The summed E-state index contributed by atoms with van der Waals surface area (Å²) in [4.78, 5) is 40.1. The summed E-state index contributed by atoms with van der Waals surface area (Å²) in [7, 11) is 0. The van der Waals surface area contributed by atoms with E-state index in [1.165, 1.54) is 0 Å². The summed E-state index contributed by atoms with van der Waals surface area (Å²) in [6.45, 7) is 6.95. The van der Waals surface area contributed by atoms with Gasteiger partial charge < -0.3 is 20.3 Å². The molecule has 1 heterocycles. The standard InChI is InChI=1S/C21H31N3O4S/c1-5-28-20(26)15-10-12-24(13-11-15)19(25)18(14(2)3)23-21(27)22-16-6-8-17(29-4)9-7-16/h6-9,14-15,18H,5,10-13H2,1-4H3,(H2,22,23,27). The van der Waals surface area contributed by atoms with E-state index in [-0.39, 0.29) is 23.7 Å². The number of esters is 1. The second-order valence-corrected chi connectivity index (χ2v) is 8.28. The van der Waals surface area contributed by atoms with E-state index in [1.807, 2.05) is 44.4 Å². The smallest absolute Gasteiger partial charge is 0.319 e. The number of anilines is 1. The lowest BCUT2D eigenvalue weighted by Gasteiger charge is -2.34. The van der Waals surface area contributed by atoms with Crippen LogP contribution in [0.3, 0.4) is 0 Å². The van der Waals surface area contributed by atoms with Gasteiger partial charge in [0.2, 0.25) is 5.91 Å². The molecule has 2 rings (SSSR count). The van der Waals surface area contributed by atoms with Crippen LogP contribution >= 0.6 is 11.8 Å². The van der Waals surface area contributed by atoms with Crippen molar-refractivity contribution in [3.63, 3.8) is 0 Å². The molecule has 0 spiro atoms. The van der Waals surface area contributed by atoms with Crippen LogP contribution in [-0.4, -0.2) is 54.8 Å². The Balaban J connectivity index is 1.92. The third-order valence-corrected chi connectivity index (χ3v) is 5.74. The Kier molecular flexibility index (Phi) is 8.82. The summed E-state index contributed by atoms with van der Waals surface area (Å²) in [5, 5.41) is 5.59. The van der Waals surface area contributed by atoms with Crippen LogP contribution in [0, 0.1) is 11.8 Å². The number of likely N-dealkylation sites (tertiary alicyclic amines) is 1. The Morgan fingerprint density at radius 3 is 2.31 bits per heavy atom. The SMILES string of the molecule is CCOC(=O)C1CCN(C(=O)C(NC(=O)Nc2ccc(SC)cc2)C(C)C)CC1. The first-order valence-electron chi connectivity index (χ1n) is 10.0. The van der Waals surface area contributed by atoms with Gasteiger partial charge in [-0.25, -0.2) is 4.79 Å². The van der Waals surface area contributed by atoms with Crippen molar-refractivity contribution < 1.29 is 19.1 Å². The molecule has 1 aliphatic heterocycles. The van der Waals surface area contributed by atoms with Crippen molar-refractivity contribution in [1.82, 2.24) is 10.2 Å². The summed E-state index contributed by atoms with van der Waals surface area (Å²) in [5.41, 5.74) is 0.672. The predicted molar refractivity (Wildman–Crippen MR) is 115 cm³/mol. The molecule has 1 unspecified atom stereocenters. The molecule has 8 heteroatoms. The second kappa shape index (κ2) is 11.1. The number of piperidine rings is 1. The van der Waals surface area contributed by atoms with E-state index in [9.17, 15) is 14.4 Å². The average Bonchev–Trinajstić information content (AvgIpc) is 2.72. The molecular formula is C21H31N3O4S. The quantitative estimate of drug-likeness (QED) is 0.521. The van der Waals surface area contributed by atoms with Gasteiger partial charge in [0.05, 0.1) is 12.5 Å². The number of urea groups is 1. The molecule has 7 nitrogen and oxygen atoms in total. The number of carbonyl (C=O) groups excluding carboxylic acids is 3. The number of thioether (sulfide) groups is 1. The highest BCUT2D eigenvalue weighted by Gasteiger charge is 2.33. The van der Waals surface area contributed by atoms with E-state index >= 15 is 0 Å². The van der Waals surface area contributed by atoms with Crippen molar-refractivity contribution in [2.24, 2.45) is 11.8 Å². The minimum absolute atomic E-state index is 0.0603. The Morgan fingerprint density at radius 1 is 1.17 bits per heavy atom. The van der Waals surface area contributed by atoms with Gasteiger partial charge in [-0.15, -0.1) is 11.8 Å². The van der Waals surface area contributed by atoms with Crippen LogP contribution in [0.5, 0.6) is 0 Å². The van der Waals surface area contributed by atoms with E-state index in [0.717, 1.165) is 4.90 Å². The van der Waals surface area contributed by atoms with Crippen molar-refractivity contribution in [1.29, 1.82) is 0 Å². The fraction of sp³-hybridized carbons (Fsp3) is 0.571. The normalized spacial score (nSPS) is 15.7. The van der Waals surface area contributed by atoms with E-state index < -0.39 is 12.1 Å². The maximum atomic E-state index is 13.0. The number of hydrogen-bond donors (Lipinski definition) is 2. The van der Waals surface area contributed by atoms with Gasteiger partial charge in [0.25, 0.3) is 0 Å². The highest BCUT2D eigenvalue weighted by molar-refractivity contribution is 7.98. The number of hydrogen-bond acceptors (Lipinski definition) is 5. The van der Waals surface area contributed by atoms with Crippen molar-refractivity contribution in [3.05, 3.63) is 24.3 Å². The maximum absolute atomic E-state index is 13.0. The number of benzene rings is 1. The molecule has 1 aromatic carbocycles. The average molecular weight is 422 g/mol. The number of ether oxygens (including phenoxy) is 1. The fourth-order valence-corrected chi connectivity index (χ4v) is 3.70. The van der Waals surface area contributed by atoms with Gasteiger partial charge in [0, 0.05) is 23.7 Å². The molecule has 0 bridgehead atoms. The van der Waals surface area contributed by atoms with Crippen LogP contribution < -0.4 is 10.6 Å². The monoisotopic (exact) mass is 421 g/mol. The largest absolute Gasteiger partial charge is 0.466 e. The summed E-state index contributed by atoms with van der Waals surface area (Å²) >= 11 is 1.63. The van der Waals surface area contributed by atoms with Gasteiger partial charge in [-0.1, -0.05) is 13.8 Å². The minimum atomic E-state index is -0.625. The third kappa shape index (κ3) is 6.66. The second-order valence-electron chi connectivity index (χ2n) is 7.40. The third-order valence-electron chi connectivity index (χ3n) is 4.99. The molecule has 0 saturated carbocycles. The molecule has 160 valence electrons. The van der Waals surface area contributed by atoms with E-state index in [0.29, 0.717) is 38.2 Å². The summed E-state index contributed by atoms with van der Waals surface area (Å²) < 4.78 is 5.08. The summed E-state index contributed by atoms with van der Waals surface area (Å²) in [6, 6.07) is 6.49. The van der Waals surface area contributed by atoms with Crippen LogP contribution in [0.4, 0.5) is 10.5 Å². The highest BCUT2D eigenvalue weighted by Crippen LogP contribution is 2.21. The van der Waals surface area contributed by atoms with Gasteiger partial charge in [-0.05, 0) is 56.2 Å². The molecular weight excluding hydrogens is 390 g/mol. The van der Waals surface area contributed by atoms with Gasteiger partial charge in [0.1, 0.15) is 6.04 Å². The Labute approximate surface area is 176 Å². The molecule has 0 radical (unpaired) electrons. The highest BCUT2D eigenvalue weighted by atomic mass is 32.2. The first-order chi connectivity index (χ1) is 13.8. The van der Waals surface area contributed by atoms with Crippen LogP contribution in [0.2, 0.25) is 0 Å². The van der Waals surface area contributed by atoms with Gasteiger partial charge in [-0.2, -0.15) is 0 Å². The van der Waals surface area contributed by atoms with Gasteiger partial charge >= 0.3 is 12.0 Å². The molecule has 1 saturated heterocycles. The molecule has 1 aliphatic rings. The molecule has 29 heavy (non-hydrogen) atoms. The molecule has 1 fully saturated rings. The van der Waals surface area contributed by atoms with Crippen LogP contribution in [0.1, 0.15) is 33.6 Å². The first kappa shape index (κ1) is 23.1. The van der Waals surface area contributed by atoms with Crippen molar-refractivity contribution in [2.75, 3.05) is 31.3 Å². The number of nitrogens with one attached hydrogen (secondary N) is 2. The lowest BCUT2D eigenvalue weighted by atomic mass is 9.95. The van der Waals surface area contributed by atoms with Crippen LogP contribution in [0.25, 0.3) is 0 Å². The zero-order chi connectivity index (χ0) is 21.4. The predicted octanol–water partition coefficient (Wildman–Crippen LogP) is 3.36. The first-order valence-corrected chi connectivity index (χ1v) is 11.2. The van der Waals surface area contributed by atoms with Crippen molar-refractivity contribution in [3.8, 4) is 0 Å². The number of nitrogens with zero attached hydrogens (tertiary/aromatic N) is 1. The van der Waals surface area contributed by atoms with E-state index in [1.54, 1.807) is 23.6 Å². The van der Waals surface area contributed by atoms with Crippen LogP contribution in [0.15, 0.2) is 29.2 Å². The van der Waals surface area contributed by atoms with E-state index in [4.69, 9.17) is 4.74 Å². The zero-order valence-corrected chi connectivity index (χ0v) is 18.4. The molecule has 3 amide bonds. The minimum Gasteiger partial charge on any atom is -0.466 e.